The maximum atomic E-state index is 12.8. The van der Waals surface area contributed by atoms with E-state index in [0.29, 0.717) is 16.6 Å². The monoisotopic (exact) mass is 302 g/mol. The number of carbonyl (C=O) groups is 1. The maximum absolute atomic E-state index is 12.8. The van der Waals surface area contributed by atoms with Crippen LogP contribution in [-0.4, -0.2) is 25.5 Å². The van der Waals surface area contributed by atoms with Crippen LogP contribution in [0.25, 0.3) is 0 Å². The van der Waals surface area contributed by atoms with Crippen molar-refractivity contribution in [3.63, 3.8) is 0 Å². The Balaban J connectivity index is 2.42. The molecule has 2 N–H and O–H groups in total. The zero-order valence-corrected chi connectivity index (χ0v) is 11.3. The van der Waals surface area contributed by atoms with Gasteiger partial charge in [-0.1, -0.05) is 6.92 Å². The highest BCUT2D eigenvalue weighted by atomic mass is 79.9. The molecule has 1 amide bonds. The molecule has 1 aromatic carbocycles. The minimum Gasteiger partial charge on any atom is -0.351 e. The van der Waals surface area contributed by atoms with Crippen LogP contribution in [0.3, 0.4) is 0 Å². The number of amides is 1. The summed E-state index contributed by atoms with van der Waals surface area (Å²) in [5, 5.41) is 5.94. The molecule has 17 heavy (non-hydrogen) atoms. The molecule has 0 aliphatic heterocycles. The Morgan fingerprint density at radius 3 is 2.76 bits per heavy atom. The van der Waals surface area contributed by atoms with Crippen LogP contribution >= 0.6 is 15.9 Å². The minimum absolute atomic E-state index is 0.199. The van der Waals surface area contributed by atoms with Crippen LogP contribution < -0.4 is 10.6 Å². The molecule has 0 radical (unpaired) electrons. The fourth-order valence-corrected chi connectivity index (χ4v) is 1.87. The first-order chi connectivity index (χ1) is 8.15. The summed E-state index contributed by atoms with van der Waals surface area (Å²) in [5.41, 5.74) is 0.446. The zero-order valence-electron chi connectivity index (χ0n) is 9.72. The van der Waals surface area contributed by atoms with Gasteiger partial charge in [0.25, 0.3) is 5.91 Å². The van der Waals surface area contributed by atoms with E-state index in [0.717, 1.165) is 19.5 Å². The van der Waals surface area contributed by atoms with E-state index in [-0.39, 0.29) is 11.7 Å². The molecule has 0 aromatic heterocycles. The highest BCUT2D eigenvalue weighted by Crippen LogP contribution is 2.17. The van der Waals surface area contributed by atoms with Gasteiger partial charge in [-0.15, -0.1) is 0 Å². The van der Waals surface area contributed by atoms with Gasteiger partial charge in [0.2, 0.25) is 0 Å². The second-order valence-corrected chi connectivity index (χ2v) is 4.48. The van der Waals surface area contributed by atoms with Gasteiger partial charge >= 0.3 is 0 Å². The molecule has 3 nitrogen and oxygen atoms in total. The van der Waals surface area contributed by atoms with Crippen LogP contribution in [0.2, 0.25) is 0 Å². The third-order valence-corrected chi connectivity index (χ3v) is 2.85. The van der Waals surface area contributed by atoms with Crippen molar-refractivity contribution in [3.8, 4) is 0 Å². The van der Waals surface area contributed by atoms with Gasteiger partial charge in [-0.25, -0.2) is 4.39 Å². The lowest BCUT2D eigenvalue weighted by molar-refractivity contribution is 0.0953. The van der Waals surface area contributed by atoms with E-state index in [1.807, 2.05) is 0 Å². The first-order valence-corrected chi connectivity index (χ1v) is 6.38. The number of nitrogens with one attached hydrogen (secondary N) is 2. The van der Waals surface area contributed by atoms with Crippen molar-refractivity contribution in [2.24, 2.45) is 0 Å². The SMILES string of the molecule is CCCNCCNC(=O)c1ccc(F)cc1Br. The number of hydrogen-bond acceptors (Lipinski definition) is 2. The van der Waals surface area contributed by atoms with E-state index >= 15 is 0 Å². The smallest absolute Gasteiger partial charge is 0.252 e. The zero-order chi connectivity index (χ0) is 12.7. The summed E-state index contributed by atoms with van der Waals surface area (Å²) in [6, 6.07) is 4.02. The fraction of sp³-hybridized carbons (Fsp3) is 0.417. The Hall–Kier alpha value is -0.940. The van der Waals surface area contributed by atoms with Crippen LogP contribution in [0.15, 0.2) is 22.7 Å². The molecule has 0 heterocycles. The van der Waals surface area contributed by atoms with Gasteiger partial charge in [0, 0.05) is 17.6 Å². The number of hydrogen-bond donors (Lipinski definition) is 2. The molecule has 1 aromatic rings. The molecular formula is C12H16BrFN2O. The second-order valence-electron chi connectivity index (χ2n) is 3.63. The molecule has 0 bridgehead atoms. The molecule has 0 atom stereocenters. The summed E-state index contributed by atoms with van der Waals surface area (Å²) in [6.45, 7) is 4.32. The van der Waals surface area contributed by atoms with Gasteiger partial charge in [-0.05, 0) is 47.1 Å². The van der Waals surface area contributed by atoms with Crippen molar-refractivity contribution in [1.82, 2.24) is 10.6 Å². The lowest BCUT2D eigenvalue weighted by atomic mass is 10.2. The Morgan fingerprint density at radius 2 is 2.12 bits per heavy atom. The molecule has 0 aliphatic rings. The van der Waals surface area contributed by atoms with E-state index < -0.39 is 0 Å². The van der Waals surface area contributed by atoms with E-state index in [1.54, 1.807) is 0 Å². The highest BCUT2D eigenvalue weighted by Gasteiger charge is 2.09. The van der Waals surface area contributed by atoms with E-state index in [4.69, 9.17) is 0 Å². The van der Waals surface area contributed by atoms with Crippen LogP contribution in [0.5, 0.6) is 0 Å². The molecule has 0 fully saturated rings. The fourth-order valence-electron chi connectivity index (χ4n) is 1.34. The van der Waals surface area contributed by atoms with Gasteiger partial charge in [-0.3, -0.25) is 4.79 Å². The Kier molecular flexibility index (Phi) is 6.15. The Labute approximate surface area is 109 Å². The molecule has 0 saturated carbocycles. The third-order valence-electron chi connectivity index (χ3n) is 2.19. The van der Waals surface area contributed by atoms with Gasteiger partial charge in [0.05, 0.1) is 5.56 Å². The standard InChI is InChI=1S/C12H16BrFN2O/c1-2-5-15-6-7-16-12(17)10-4-3-9(14)8-11(10)13/h3-4,8,15H,2,5-7H2,1H3,(H,16,17). The van der Waals surface area contributed by atoms with E-state index in [9.17, 15) is 9.18 Å². The lowest BCUT2D eigenvalue weighted by Crippen LogP contribution is -2.32. The van der Waals surface area contributed by atoms with Crippen LogP contribution in [-0.2, 0) is 0 Å². The van der Waals surface area contributed by atoms with Gasteiger partial charge in [0.1, 0.15) is 5.82 Å². The first kappa shape index (κ1) is 14.1. The number of benzene rings is 1. The van der Waals surface area contributed by atoms with Crippen molar-refractivity contribution in [3.05, 3.63) is 34.1 Å². The predicted molar refractivity (Wildman–Crippen MR) is 69.6 cm³/mol. The summed E-state index contributed by atoms with van der Waals surface area (Å²) in [5.74, 6) is -0.562. The van der Waals surface area contributed by atoms with Gasteiger partial charge in [-0.2, -0.15) is 0 Å². The summed E-state index contributed by atoms with van der Waals surface area (Å²) in [7, 11) is 0. The van der Waals surface area contributed by atoms with Crippen molar-refractivity contribution in [1.29, 1.82) is 0 Å². The van der Waals surface area contributed by atoms with E-state index in [1.165, 1.54) is 18.2 Å². The lowest BCUT2D eigenvalue weighted by Gasteiger charge is -2.07. The average Bonchev–Trinajstić information content (AvgIpc) is 2.28. The first-order valence-electron chi connectivity index (χ1n) is 5.59. The van der Waals surface area contributed by atoms with Crippen LogP contribution in [0.1, 0.15) is 23.7 Å². The Morgan fingerprint density at radius 1 is 1.35 bits per heavy atom. The summed E-state index contributed by atoms with van der Waals surface area (Å²) in [4.78, 5) is 11.7. The maximum Gasteiger partial charge on any atom is 0.252 e. The number of carbonyl (C=O) groups excluding carboxylic acids is 1. The second kappa shape index (κ2) is 7.40. The van der Waals surface area contributed by atoms with Gasteiger partial charge in [0.15, 0.2) is 0 Å². The van der Waals surface area contributed by atoms with Crippen molar-refractivity contribution in [2.45, 2.75) is 13.3 Å². The molecule has 0 unspecified atom stereocenters. The molecular weight excluding hydrogens is 287 g/mol. The minimum atomic E-state index is -0.363. The normalized spacial score (nSPS) is 10.3. The number of rotatable bonds is 6. The van der Waals surface area contributed by atoms with Crippen molar-refractivity contribution in [2.75, 3.05) is 19.6 Å². The number of halogens is 2. The molecule has 0 saturated heterocycles. The molecule has 0 spiro atoms. The average molecular weight is 303 g/mol. The predicted octanol–water partition coefficient (Wildman–Crippen LogP) is 2.32. The van der Waals surface area contributed by atoms with Crippen molar-refractivity contribution < 1.29 is 9.18 Å². The summed E-state index contributed by atoms with van der Waals surface area (Å²) < 4.78 is 13.3. The third kappa shape index (κ3) is 4.83. The van der Waals surface area contributed by atoms with Crippen LogP contribution in [0, 0.1) is 5.82 Å². The topological polar surface area (TPSA) is 41.1 Å². The summed E-state index contributed by atoms with van der Waals surface area (Å²) >= 11 is 3.17. The summed E-state index contributed by atoms with van der Waals surface area (Å²) in [6.07, 6.45) is 1.07. The van der Waals surface area contributed by atoms with Crippen molar-refractivity contribution >= 4 is 21.8 Å². The largest absolute Gasteiger partial charge is 0.351 e. The quantitative estimate of drug-likeness (QED) is 0.792. The Bertz CT molecular complexity index is 385. The van der Waals surface area contributed by atoms with Gasteiger partial charge < -0.3 is 10.6 Å². The molecule has 0 aliphatic carbocycles. The van der Waals surface area contributed by atoms with Crippen LogP contribution in [0.4, 0.5) is 4.39 Å². The molecule has 5 heteroatoms. The van der Waals surface area contributed by atoms with E-state index in [2.05, 4.69) is 33.5 Å². The molecule has 94 valence electrons. The highest BCUT2D eigenvalue weighted by molar-refractivity contribution is 9.10. The molecule has 1 rings (SSSR count).